The molecule has 1 atom stereocenters. The number of nitrogens with zero attached hydrogens (tertiary/aromatic N) is 5. The molecule has 8 rings (SSSR count). The van der Waals surface area contributed by atoms with Crippen molar-refractivity contribution in [3.05, 3.63) is 65.0 Å². The van der Waals surface area contributed by atoms with Gasteiger partial charge in [-0.3, -0.25) is 29.6 Å². The molecule has 3 aromatic heterocycles. The van der Waals surface area contributed by atoms with Gasteiger partial charge in [-0.05, 0) is 86.6 Å². The molecule has 0 bridgehead atoms. The minimum Gasteiger partial charge on any atom is -0.356 e. The molecule has 4 aliphatic rings. The quantitative estimate of drug-likeness (QED) is 0.240. The number of benzene rings is 1. The van der Waals surface area contributed by atoms with Crippen molar-refractivity contribution >= 4 is 40.3 Å². The molecule has 1 aromatic carbocycles. The second-order valence-electron chi connectivity index (χ2n) is 16.0. The second kappa shape index (κ2) is 13.5. The Kier molecular flexibility index (Phi) is 8.87. The van der Waals surface area contributed by atoms with Gasteiger partial charge in [0.2, 0.25) is 17.7 Å². The number of aromatic nitrogens is 4. The number of fused-ring (bicyclic) bond motifs is 2. The van der Waals surface area contributed by atoms with Crippen molar-refractivity contribution in [2.24, 2.45) is 11.3 Å². The summed E-state index contributed by atoms with van der Waals surface area (Å²) in [7, 11) is 1.92. The number of pyridine rings is 1. The number of piperidine rings is 3. The number of amides is 4. The fourth-order valence-corrected chi connectivity index (χ4v) is 8.72. The summed E-state index contributed by atoms with van der Waals surface area (Å²) in [5, 5.41) is 11.4. The van der Waals surface area contributed by atoms with Gasteiger partial charge in [-0.1, -0.05) is 26.0 Å². The number of H-pyrrole nitrogens is 2. The van der Waals surface area contributed by atoms with Crippen LogP contribution in [0.25, 0.3) is 22.3 Å². The van der Waals surface area contributed by atoms with Crippen LogP contribution in [0.15, 0.2) is 42.6 Å². The number of hydrogen-bond donors (Lipinski definition) is 3. The van der Waals surface area contributed by atoms with E-state index in [0.717, 1.165) is 78.9 Å². The van der Waals surface area contributed by atoms with Gasteiger partial charge in [-0.15, -0.1) is 0 Å². The molecular weight excluding hydrogens is 656 g/mol. The van der Waals surface area contributed by atoms with E-state index in [4.69, 9.17) is 0 Å². The number of rotatable bonds is 6. The Hall–Kier alpha value is -5.00. The third kappa shape index (κ3) is 6.59. The fraction of sp³-hybridized carbons (Fsp3) is 0.500. The highest BCUT2D eigenvalue weighted by molar-refractivity contribution is 6.01. The predicted molar refractivity (Wildman–Crippen MR) is 198 cm³/mol. The van der Waals surface area contributed by atoms with Crippen LogP contribution >= 0.6 is 0 Å². The maximum absolute atomic E-state index is 13.6. The van der Waals surface area contributed by atoms with Gasteiger partial charge in [0, 0.05) is 85.5 Å². The predicted octanol–water partition coefficient (Wildman–Crippen LogP) is 4.97. The Balaban J connectivity index is 0.830. The van der Waals surface area contributed by atoms with E-state index in [2.05, 4.69) is 50.3 Å². The van der Waals surface area contributed by atoms with Crippen LogP contribution < -0.4 is 10.2 Å². The molecule has 12 nitrogen and oxygen atoms in total. The standard InChI is InChI=1S/C40H48N8O4/c1-40(2)15-10-30-33(22-40)44-45-36(30)32-20-25-4-5-26(21-31(25)42-32)39(52)48-16-11-24(12-17-48)38(51)46(3)28-13-18-47(19-14-28)34-8-6-27(23-41-34)29-7-9-35(49)43-37(29)50/h4-6,8,20-21,23-24,28-29,42H,7,9-19,22H2,1-3H3,(H,44,45)(H,43,49,50). The van der Waals surface area contributed by atoms with Crippen LogP contribution in [0.3, 0.4) is 0 Å². The lowest BCUT2D eigenvalue weighted by Crippen LogP contribution is -2.49. The van der Waals surface area contributed by atoms with E-state index < -0.39 is 0 Å². The molecule has 12 heteroatoms. The Morgan fingerprint density at radius 1 is 0.942 bits per heavy atom. The second-order valence-corrected chi connectivity index (χ2v) is 16.0. The first-order valence-electron chi connectivity index (χ1n) is 18.8. The summed E-state index contributed by atoms with van der Waals surface area (Å²) in [6.07, 6.45) is 8.74. The average Bonchev–Trinajstić information content (AvgIpc) is 3.77. The molecule has 3 N–H and O–H groups in total. The Labute approximate surface area is 303 Å². The molecular formula is C40H48N8O4. The zero-order valence-corrected chi connectivity index (χ0v) is 30.3. The number of nitrogens with one attached hydrogen (secondary N) is 3. The van der Waals surface area contributed by atoms with Gasteiger partial charge >= 0.3 is 0 Å². The van der Waals surface area contributed by atoms with Crippen molar-refractivity contribution in [2.75, 3.05) is 38.1 Å². The largest absolute Gasteiger partial charge is 0.356 e. The summed E-state index contributed by atoms with van der Waals surface area (Å²) in [6.45, 7) is 7.30. The number of carbonyl (C=O) groups excluding carboxylic acids is 4. The fourth-order valence-electron chi connectivity index (χ4n) is 8.72. The summed E-state index contributed by atoms with van der Waals surface area (Å²) in [6, 6.07) is 12.0. The number of likely N-dealkylation sites (tertiary alicyclic amines) is 1. The van der Waals surface area contributed by atoms with E-state index in [1.54, 1.807) is 6.20 Å². The Morgan fingerprint density at radius 3 is 2.46 bits per heavy atom. The van der Waals surface area contributed by atoms with Crippen LogP contribution in [-0.2, 0) is 27.2 Å². The molecule has 52 heavy (non-hydrogen) atoms. The lowest BCUT2D eigenvalue weighted by atomic mass is 9.76. The topological polar surface area (TPSA) is 147 Å². The van der Waals surface area contributed by atoms with Crippen molar-refractivity contribution in [1.82, 2.24) is 35.3 Å². The molecule has 4 aromatic rings. The van der Waals surface area contributed by atoms with Crippen LogP contribution in [0.2, 0.25) is 0 Å². The first-order chi connectivity index (χ1) is 25.0. The van der Waals surface area contributed by atoms with Crippen LogP contribution in [0.5, 0.6) is 0 Å². The van der Waals surface area contributed by atoms with E-state index in [1.165, 1.54) is 11.3 Å². The molecule has 4 amide bonds. The molecule has 3 aliphatic heterocycles. The lowest BCUT2D eigenvalue weighted by Gasteiger charge is -2.40. The van der Waals surface area contributed by atoms with Gasteiger partial charge < -0.3 is 19.7 Å². The van der Waals surface area contributed by atoms with Crippen molar-refractivity contribution < 1.29 is 19.2 Å². The average molecular weight is 705 g/mol. The number of carbonyl (C=O) groups is 4. The molecule has 3 saturated heterocycles. The summed E-state index contributed by atoms with van der Waals surface area (Å²) in [4.78, 5) is 65.2. The normalized spacial score (nSPS) is 21.2. The maximum atomic E-state index is 13.6. The van der Waals surface area contributed by atoms with E-state index in [1.807, 2.05) is 47.2 Å². The highest BCUT2D eigenvalue weighted by Crippen LogP contribution is 2.38. The summed E-state index contributed by atoms with van der Waals surface area (Å²) in [5.74, 6) is 0.118. The van der Waals surface area contributed by atoms with Crippen LogP contribution in [0.4, 0.5) is 5.82 Å². The van der Waals surface area contributed by atoms with E-state index in [0.29, 0.717) is 44.3 Å². The zero-order chi connectivity index (χ0) is 36.1. The Bertz CT molecular complexity index is 2010. The van der Waals surface area contributed by atoms with Crippen molar-refractivity contribution in [2.45, 2.75) is 83.6 Å². The molecule has 3 fully saturated rings. The van der Waals surface area contributed by atoms with Crippen LogP contribution in [-0.4, -0.2) is 92.9 Å². The van der Waals surface area contributed by atoms with Gasteiger partial charge in [-0.25, -0.2) is 4.98 Å². The van der Waals surface area contributed by atoms with Gasteiger partial charge in [0.05, 0.1) is 11.6 Å². The summed E-state index contributed by atoms with van der Waals surface area (Å²) < 4.78 is 0. The highest BCUT2D eigenvalue weighted by atomic mass is 16.2. The minimum absolute atomic E-state index is 0.00260. The van der Waals surface area contributed by atoms with Gasteiger partial charge in [0.1, 0.15) is 11.5 Å². The third-order valence-corrected chi connectivity index (χ3v) is 12.0. The lowest BCUT2D eigenvalue weighted by molar-refractivity contribution is -0.138. The zero-order valence-electron chi connectivity index (χ0n) is 30.3. The smallest absolute Gasteiger partial charge is 0.253 e. The maximum Gasteiger partial charge on any atom is 0.253 e. The minimum atomic E-state index is -0.344. The molecule has 1 aliphatic carbocycles. The molecule has 0 radical (unpaired) electrons. The molecule has 0 saturated carbocycles. The molecule has 6 heterocycles. The van der Waals surface area contributed by atoms with Crippen molar-refractivity contribution in [1.29, 1.82) is 0 Å². The van der Waals surface area contributed by atoms with Crippen LogP contribution in [0.1, 0.15) is 91.9 Å². The van der Waals surface area contributed by atoms with Crippen molar-refractivity contribution in [3.63, 3.8) is 0 Å². The molecule has 1 unspecified atom stereocenters. The highest BCUT2D eigenvalue weighted by Gasteiger charge is 2.34. The van der Waals surface area contributed by atoms with E-state index >= 15 is 0 Å². The van der Waals surface area contributed by atoms with Crippen molar-refractivity contribution in [3.8, 4) is 11.4 Å². The van der Waals surface area contributed by atoms with Gasteiger partial charge in [0.15, 0.2) is 0 Å². The molecule has 272 valence electrons. The number of hydrogen-bond acceptors (Lipinski definition) is 7. The Morgan fingerprint density at radius 2 is 1.73 bits per heavy atom. The summed E-state index contributed by atoms with van der Waals surface area (Å²) in [5.41, 5.74) is 7.15. The van der Waals surface area contributed by atoms with E-state index in [9.17, 15) is 19.2 Å². The number of anilines is 1. The first kappa shape index (κ1) is 34.1. The summed E-state index contributed by atoms with van der Waals surface area (Å²) >= 11 is 0. The SMILES string of the molecule is CN(C(=O)C1CCN(C(=O)c2ccc3cc(-c4n[nH]c5c4CCC(C)(C)C5)[nH]c3c2)CC1)C1CCN(c2ccc(C3CCC(=O)NC3=O)cn2)CC1. The molecule has 0 spiro atoms. The third-order valence-electron chi connectivity index (χ3n) is 12.0. The number of aromatic amines is 2. The monoisotopic (exact) mass is 704 g/mol. The van der Waals surface area contributed by atoms with E-state index in [-0.39, 0.29) is 46.9 Å². The van der Waals surface area contributed by atoms with Crippen LogP contribution in [0, 0.1) is 11.3 Å². The van der Waals surface area contributed by atoms with Gasteiger partial charge in [0.25, 0.3) is 5.91 Å². The first-order valence-corrected chi connectivity index (χ1v) is 18.8. The number of imide groups is 1. The van der Waals surface area contributed by atoms with Gasteiger partial charge in [-0.2, -0.15) is 5.10 Å².